The van der Waals surface area contributed by atoms with Gasteiger partial charge < -0.3 is 9.47 Å². The Balaban J connectivity index is 1.92. The molecule has 2 aromatic carbocycles. The maximum absolute atomic E-state index is 12.4. The van der Waals surface area contributed by atoms with Crippen LogP contribution in [0.4, 0.5) is 0 Å². The van der Waals surface area contributed by atoms with E-state index in [1.807, 2.05) is 0 Å². The molecular weight excluding hydrogens is 360 g/mol. The molecule has 2 amide bonds. The topological polar surface area (TPSA) is 94.1 Å². The van der Waals surface area contributed by atoms with E-state index in [9.17, 15) is 14.4 Å². The summed E-state index contributed by atoms with van der Waals surface area (Å²) in [5.74, 6) is -0.495. The third-order valence-corrected chi connectivity index (χ3v) is 4.13. The van der Waals surface area contributed by atoms with Crippen LogP contribution in [-0.4, -0.2) is 37.5 Å². The number of ether oxygens (including phenoxy) is 2. The second kappa shape index (κ2) is 8.30. The number of Topliss-reactive ketones (excluding diaryl/α,β-unsaturated/α-hetero) is 1. The normalized spacial score (nSPS) is 15.1. The molecule has 0 radical (unpaired) electrons. The molecule has 28 heavy (non-hydrogen) atoms. The molecule has 0 aromatic heterocycles. The summed E-state index contributed by atoms with van der Waals surface area (Å²) in [5, 5.41) is 2.22. The van der Waals surface area contributed by atoms with Crippen molar-refractivity contribution < 1.29 is 23.9 Å². The van der Waals surface area contributed by atoms with Gasteiger partial charge in [-0.2, -0.15) is 0 Å². The van der Waals surface area contributed by atoms with Crippen LogP contribution in [0, 0.1) is 0 Å². The van der Waals surface area contributed by atoms with Gasteiger partial charge in [0.2, 0.25) is 0 Å². The SMILES string of the molecule is COc1ccc(/C=C2\N=C(CC(=O)c3ccccc3)C(=O)NC2=O)c(OC)c1. The van der Waals surface area contributed by atoms with Gasteiger partial charge in [-0.05, 0) is 18.2 Å². The van der Waals surface area contributed by atoms with Crippen molar-refractivity contribution >= 4 is 29.4 Å². The first kappa shape index (κ1) is 19.0. The van der Waals surface area contributed by atoms with E-state index in [0.29, 0.717) is 22.6 Å². The highest BCUT2D eigenvalue weighted by Crippen LogP contribution is 2.27. The minimum absolute atomic E-state index is 0.0129. The molecule has 0 saturated heterocycles. The van der Waals surface area contributed by atoms with Crippen molar-refractivity contribution in [3.8, 4) is 11.5 Å². The molecule has 0 aliphatic carbocycles. The van der Waals surface area contributed by atoms with E-state index in [0.717, 1.165) is 0 Å². The van der Waals surface area contributed by atoms with Crippen LogP contribution >= 0.6 is 0 Å². The summed E-state index contributed by atoms with van der Waals surface area (Å²) in [4.78, 5) is 40.8. The summed E-state index contributed by atoms with van der Waals surface area (Å²) in [7, 11) is 3.03. The number of methoxy groups -OCH3 is 2. The Morgan fingerprint density at radius 3 is 2.46 bits per heavy atom. The number of hydrogen-bond donors (Lipinski definition) is 1. The lowest BCUT2D eigenvalue weighted by molar-refractivity contribution is -0.125. The van der Waals surface area contributed by atoms with Gasteiger partial charge in [0, 0.05) is 17.2 Å². The number of aliphatic imine (C=N–C) groups is 1. The van der Waals surface area contributed by atoms with Crippen molar-refractivity contribution in [2.75, 3.05) is 14.2 Å². The molecule has 0 unspecified atom stereocenters. The molecule has 142 valence electrons. The van der Waals surface area contributed by atoms with Gasteiger partial charge in [-0.1, -0.05) is 30.3 Å². The average molecular weight is 378 g/mol. The monoisotopic (exact) mass is 378 g/mol. The molecule has 3 rings (SSSR count). The number of amides is 2. The van der Waals surface area contributed by atoms with Gasteiger partial charge in [0.25, 0.3) is 11.8 Å². The fourth-order valence-electron chi connectivity index (χ4n) is 2.67. The fourth-order valence-corrected chi connectivity index (χ4v) is 2.67. The number of carbonyl (C=O) groups is 3. The Morgan fingerprint density at radius 2 is 1.79 bits per heavy atom. The maximum Gasteiger partial charge on any atom is 0.276 e. The lowest BCUT2D eigenvalue weighted by Gasteiger charge is -2.14. The third kappa shape index (κ3) is 4.15. The third-order valence-electron chi connectivity index (χ3n) is 4.13. The zero-order valence-corrected chi connectivity index (χ0v) is 15.4. The minimum atomic E-state index is -0.673. The molecule has 2 aromatic rings. The van der Waals surface area contributed by atoms with Crippen LogP contribution in [0.25, 0.3) is 6.08 Å². The molecule has 0 bridgehead atoms. The second-order valence-electron chi connectivity index (χ2n) is 5.95. The molecule has 7 heteroatoms. The molecule has 1 heterocycles. The Morgan fingerprint density at radius 1 is 1.04 bits per heavy atom. The highest BCUT2D eigenvalue weighted by molar-refractivity contribution is 6.47. The summed E-state index contributed by atoms with van der Waals surface area (Å²) in [5.41, 5.74) is 1.05. The van der Waals surface area contributed by atoms with Gasteiger partial charge in [0.15, 0.2) is 5.78 Å². The lowest BCUT2D eigenvalue weighted by atomic mass is 10.0. The Bertz CT molecular complexity index is 993. The zero-order valence-electron chi connectivity index (χ0n) is 15.4. The van der Waals surface area contributed by atoms with E-state index < -0.39 is 11.8 Å². The number of ketones is 1. The van der Waals surface area contributed by atoms with Gasteiger partial charge in [-0.3, -0.25) is 19.7 Å². The van der Waals surface area contributed by atoms with Gasteiger partial charge >= 0.3 is 0 Å². The number of nitrogens with one attached hydrogen (secondary N) is 1. The molecule has 1 aliphatic rings. The first-order chi connectivity index (χ1) is 13.5. The number of benzene rings is 2. The Labute approximate surface area is 161 Å². The molecule has 1 N–H and O–H groups in total. The summed E-state index contributed by atoms with van der Waals surface area (Å²) in [6.07, 6.45) is 1.28. The van der Waals surface area contributed by atoms with Gasteiger partial charge in [-0.25, -0.2) is 4.99 Å². The Kier molecular flexibility index (Phi) is 5.64. The molecule has 0 spiro atoms. The van der Waals surface area contributed by atoms with Crippen LogP contribution in [0.5, 0.6) is 11.5 Å². The average Bonchev–Trinajstić information content (AvgIpc) is 2.72. The number of hydrogen-bond acceptors (Lipinski definition) is 6. The summed E-state index contributed by atoms with van der Waals surface area (Å²) in [6.45, 7) is 0. The van der Waals surface area contributed by atoms with Crippen LogP contribution in [-0.2, 0) is 9.59 Å². The Hall–Kier alpha value is -3.74. The summed E-state index contributed by atoms with van der Waals surface area (Å²) in [6, 6.07) is 13.7. The van der Waals surface area contributed by atoms with E-state index in [-0.39, 0.29) is 23.6 Å². The van der Waals surface area contributed by atoms with Crippen molar-refractivity contribution in [3.05, 3.63) is 65.4 Å². The standard InChI is InChI=1S/C21H18N2O5/c1-27-15-9-8-14(19(11-15)28-2)10-16-20(25)23-21(26)17(22-16)12-18(24)13-6-4-3-5-7-13/h3-11H,12H2,1-2H3,(H,23,25,26)/b16-10-. The van der Waals surface area contributed by atoms with Crippen molar-refractivity contribution in [1.29, 1.82) is 0 Å². The molecule has 7 nitrogen and oxygen atoms in total. The van der Waals surface area contributed by atoms with Gasteiger partial charge in [0.1, 0.15) is 22.9 Å². The number of imide groups is 1. The van der Waals surface area contributed by atoms with Crippen molar-refractivity contribution in [3.63, 3.8) is 0 Å². The second-order valence-corrected chi connectivity index (χ2v) is 5.95. The lowest BCUT2D eigenvalue weighted by Crippen LogP contribution is -2.41. The van der Waals surface area contributed by atoms with Crippen LogP contribution in [0.3, 0.4) is 0 Å². The first-order valence-electron chi connectivity index (χ1n) is 8.47. The van der Waals surface area contributed by atoms with E-state index in [1.165, 1.54) is 20.3 Å². The van der Waals surface area contributed by atoms with Gasteiger partial charge in [-0.15, -0.1) is 0 Å². The van der Waals surface area contributed by atoms with Crippen molar-refractivity contribution in [1.82, 2.24) is 5.32 Å². The van der Waals surface area contributed by atoms with E-state index >= 15 is 0 Å². The molecule has 1 aliphatic heterocycles. The highest BCUT2D eigenvalue weighted by atomic mass is 16.5. The fraction of sp³-hybridized carbons (Fsp3) is 0.143. The largest absolute Gasteiger partial charge is 0.497 e. The predicted octanol–water partition coefficient (Wildman–Crippen LogP) is 2.42. The van der Waals surface area contributed by atoms with E-state index in [4.69, 9.17) is 9.47 Å². The molecule has 0 atom stereocenters. The minimum Gasteiger partial charge on any atom is -0.497 e. The van der Waals surface area contributed by atoms with E-state index in [1.54, 1.807) is 48.5 Å². The van der Waals surface area contributed by atoms with Crippen molar-refractivity contribution in [2.24, 2.45) is 4.99 Å². The quantitative estimate of drug-likeness (QED) is 0.473. The number of carbonyl (C=O) groups excluding carboxylic acids is 3. The zero-order chi connectivity index (χ0) is 20.1. The van der Waals surface area contributed by atoms with Crippen LogP contribution in [0.15, 0.2) is 59.2 Å². The van der Waals surface area contributed by atoms with Crippen LogP contribution < -0.4 is 14.8 Å². The summed E-state index contributed by atoms with van der Waals surface area (Å²) < 4.78 is 10.5. The molecule has 0 saturated carbocycles. The number of nitrogens with zero attached hydrogens (tertiary/aromatic N) is 1. The van der Waals surface area contributed by atoms with Crippen LogP contribution in [0.2, 0.25) is 0 Å². The van der Waals surface area contributed by atoms with Crippen LogP contribution in [0.1, 0.15) is 22.3 Å². The maximum atomic E-state index is 12.4. The summed E-state index contributed by atoms with van der Waals surface area (Å²) >= 11 is 0. The van der Waals surface area contributed by atoms with Crippen molar-refractivity contribution in [2.45, 2.75) is 6.42 Å². The predicted molar refractivity (Wildman–Crippen MR) is 103 cm³/mol. The molecular formula is C21H18N2O5. The highest BCUT2D eigenvalue weighted by Gasteiger charge is 2.26. The smallest absolute Gasteiger partial charge is 0.276 e. The number of rotatable bonds is 6. The van der Waals surface area contributed by atoms with E-state index in [2.05, 4.69) is 10.3 Å². The first-order valence-corrected chi connectivity index (χ1v) is 8.47. The van der Waals surface area contributed by atoms with Gasteiger partial charge in [0.05, 0.1) is 20.6 Å². The molecule has 0 fully saturated rings.